The molecule has 0 aromatic heterocycles. The normalized spacial score (nSPS) is 55.9. The average molecular weight is 441 g/mol. The molecular formula is C32H56. The molecule has 0 spiro atoms. The Morgan fingerprint density at radius 2 is 1.25 bits per heavy atom. The average Bonchev–Trinajstić information content (AvgIpc) is 3.12. The zero-order valence-electron chi connectivity index (χ0n) is 23.4. The molecule has 0 aromatic carbocycles. The van der Waals surface area contributed by atoms with Crippen LogP contribution in [0.3, 0.4) is 0 Å². The first kappa shape index (κ1) is 24.9. The number of hydrogen-bond donors (Lipinski definition) is 0. The molecule has 0 nitrogen and oxygen atoms in total. The molecule has 5 aliphatic carbocycles. The fourth-order valence-electron chi connectivity index (χ4n) is 11.7. The van der Waals surface area contributed by atoms with Gasteiger partial charge in [0.2, 0.25) is 0 Å². The van der Waals surface area contributed by atoms with E-state index in [-0.39, 0.29) is 0 Å². The molecule has 0 heterocycles. The summed E-state index contributed by atoms with van der Waals surface area (Å²) >= 11 is 0. The van der Waals surface area contributed by atoms with Crippen LogP contribution in [0, 0.1) is 56.2 Å². The Morgan fingerprint density at radius 1 is 0.656 bits per heavy atom. The van der Waals surface area contributed by atoms with Crippen LogP contribution >= 0.6 is 0 Å². The van der Waals surface area contributed by atoms with Crippen molar-refractivity contribution in [1.29, 1.82) is 0 Å². The van der Waals surface area contributed by atoms with Crippen LogP contribution in [0.15, 0.2) is 12.7 Å². The van der Waals surface area contributed by atoms with Gasteiger partial charge in [0.1, 0.15) is 0 Å². The number of allylic oxidation sites excluding steroid dienone is 1. The summed E-state index contributed by atoms with van der Waals surface area (Å²) in [5.41, 5.74) is 3.39. The lowest BCUT2D eigenvalue weighted by molar-refractivity contribution is -0.261. The zero-order chi connectivity index (χ0) is 23.8. The van der Waals surface area contributed by atoms with E-state index in [0.29, 0.717) is 32.5 Å². The molecule has 0 N–H and O–H groups in total. The van der Waals surface area contributed by atoms with Crippen molar-refractivity contribution in [3.05, 3.63) is 12.7 Å². The number of hydrogen-bond acceptors (Lipinski definition) is 0. The second-order valence-electron chi connectivity index (χ2n) is 15.1. The van der Waals surface area contributed by atoms with E-state index >= 15 is 0 Å². The highest BCUT2D eigenvalue weighted by atomic mass is 14.8. The van der Waals surface area contributed by atoms with Crippen molar-refractivity contribution in [1.82, 2.24) is 0 Å². The second kappa shape index (κ2) is 7.62. The van der Waals surface area contributed by atoms with Crippen LogP contribution in [0.25, 0.3) is 0 Å². The van der Waals surface area contributed by atoms with E-state index < -0.39 is 0 Å². The SMILES string of the molecule is C=CC.C[C@H]1CC[C@]2(C)C3CC[C@@]4(C)C(CCC5(C)CCC[C@@H]54)[C@]3(C)CCC2(C)C1(C)C. The molecule has 5 rings (SSSR count). The van der Waals surface area contributed by atoms with Gasteiger partial charge in [0.25, 0.3) is 0 Å². The van der Waals surface area contributed by atoms with Gasteiger partial charge >= 0.3 is 0 Å². The molecule has 0 radical (unpaired) electrons. The van der Waals surface area contributed by atoms with Gasteiger partial charge in [-0.2, -0.15) is 0 Å². The molecule has 4 unspecified atom stereocenters. The van der Waals surface area contributed by atoms with Crippen LogP contribution in [0.2, 0.25) is 0 Å². The minimum absolute atomic E-state index is 0.471. The monoisotopic (exact) mass is 440 g/mol. The van der Waals surface area contributed by atoms with Gasteiger partial charge in [-0.25, -0.2) is 0 Å². The molecule has 184 valence electrons. The fraction of sp³-hybridized carbons (Fsp3) is 0.938. The maximum atomic E-state index is 3.36. The maximum Gasteiger partial charge on any atom is -0.0215 e. The molecule has 0 heteroatoms. The highest BCUT2D eigenvalue weighted by molar-refractivity contribution is 5.20. The van der Waals surface area contributed by atoms with E-state index in [0.717, 1.165) is 23.7 Å². The van der Waals surface area contributed by atoms with Gasteiger partial charge in [-0.1, -0.05) is 67.9 Å². The van der Waals surface area contributed by atoms with Crippen molar-refractivity contribution >= 4 is 0 Å². The number of rotatable bonds is 0. The van der Waals surface area contributed by atoms with Crippen LogP contribution in [-0.4, -0.2) is 0 Å². The molecule has 0 bridgehead atoms. The quantitative estimate of drug-likeness (QED) is 0.329. The van der Waals surface area contributed by atoms with Crippen molar-refractivity contribution in [2.24, 2.45) is 56.2 Å². The van der Waals surface area contributed by atoms with Crippen molar-refractivity contribution in [3.63, 3.8) is 0 Å². The highest BCUT2D eigenvalue weighted by Gasteiger charge is 2.71. The van der Waals surface area contributed by atoms with E-state index in [1.165, 1.54) is 70.6 Å². The Hall–Kier alpha value is -0.260. The van der Waals surface area contributed by atoms with E-state index in [1.807, 2.05) is 6.92 Å². The smallest absolute Gasteiger partial charge is 0.0215 e. The highest BCUT2D eigenvalue weighted by Crippen LogP contribution is 2.79. The first-order chi connectivity index (χ1) is 14.8. The third-order valence-electron chi connectivity index (χ3n) is 14.2. The van der Waals surface area contributed by atoms with E-state index in [1.54, 1.807) is 6.08 Å². The Balaban J connectivity index is 0.000000775. The summed E-state index contributed by atoms with van der Waals surface area (Å²) in [6.07, 6.45) is 18.3. The second-order valence-corrected chi connectivity index (χ2v) is 15.1. The molecular weight excluding hydrogens is 384 g/mol. The summed E-state index contributed by atoms with van der Waals surface area (Å²) in [7, 11) is 0. The van der Waals surface area contributed by atoms with Crippen LogP contribution in [0.4, 0.5) is 0 Å². The predicted molar refractivity (Wildman–Crippen MR) is 141 cm³/mol. The Kier molecular flexibility index (Phi) is 5.92. The third-order valence-corrected chi connectivity index (χ3v) is 14.2. The van der Waals surface area contributed by atoms with Gasteiger partial charge in [-0.3, -0.25) is 0 Å². The summed E-state index contributed by atoms with van der Waals surface area (Å²) in [6, 6.07) is 0. The third kappa shape index (κ3) is 2.92. The summed E-state index contributed by atoms with van der Waals surface area (Å²) in [4.78, 5) is 0. The predicted octanol–water partition coefficient (Wildman–Crippen LogP) is 10.1. The standard InChI is InChI=1S/C29H50.C3H6/c1-20-11-17-28(7)23-13-16-26(5)21-10-9-14-25(21,4)15-12-22(26)27(23,6)18-19-29(28,8)24(20,2)3;1-3-2/h20-23H,9-19H2,1-8H3;3H,1H2,2H3/t20-,21-,22?,23?,25?,26+,27-,28+,29?;/m0./s1. The molecule has 0 aromatic rings. The van der Waals surface area contributed by atoms with E-state index in [9.17, 15) is 0 Å². The summed E-state index contributed by atoms with van der Waals surface area (Å²) in [5, 5.41) is 0. The Labute approximate surface area is 201 Å². The summed E-state index contributed by atoms with van der Waals surface area (Å²) < 4.78 is 0. The van der Waals surface area contributed by atoms with Gasteiger partial charge in [0.05, 0.1) is 0 Å². The number of fused-ring (bicyclic) bond motifs is 7. The minimum Gasteiger partial charge on any atom is -0.103 e. The zero-order valence-corrected chi connectivity index (χ0v) is 23.4. The van der Waals surface area contributed by atoms with Gasteiger partial charge < -0.3 is 0 Å². The van der Waals surface area contributed by atoms with Gasteiger partial charge in [0, 0.05) is 0 Å². The molecule has 5 saturated carbocycles. The lowest BCUT2D eigenvalue weighted by atomic mass is 9.30. The van der Waals surface area contributed by atoms with E-state index in [2.05, 4.69) is 62.0 Å². The van der Waals surface area contributed by atoms with E-state index in [4.69, 9.17) is 0 Å². The van der Waals surface area contributed by atoms with Crippen molar-refractivity contribution in [3.8, 4) is 0 Å². The first-order valence-corrected chi connectivity index (χ1v) is 14.3. The van der Waals surface area contributed by atoms with Gasteiger partial charge in [0.15, 0.2) is 0 Å². The molecule has 0 aliphatic heterocycles. The van der Waals surface area contributed by atoms with Crippen LogP contribution in [0.5, 0.6) is 0 Å². The Bertz CT molecular complexity index is 732. The van der Waals surface area contributed by atoms with Crippen molar-refractivity contribution in [2.75, 3.05) is 0 Å². The maximum absolute atomic E-state index is 3.36. The van der Waals surface area contributed by atoms with Crippen molar-refractivity contribution < 1.29 is 0 Å². The lowest BCUT2D eigenvalue weighted by Crippen LogP contribution is -2.67. The van der Waals surface area contributed by atoms with Crippen LogP contribution < -0.4 is 0 Å². The summed E-state index contributed by atoms with van der Waals surface area (Å²) in [6.45, 7) is 26.8. The van der Waals surface area contributed by atoms with Crippen molar-refractivity contribution in [2.45, 2.75) is 133 Å². The topological polar surface area (TPSA) is 0 Å². The fourth-order valence-corrected chi connectivity index (χ4v) is 11.7. The lowest BCUT2D eigenvalue weighted by Gasteiger charge is -2.75. The molecule has 0 amide bonds. The Morgan fingerprint density at radius 3 is 1.91 bits per heavy atom. The van der Waals surface area contributed by atoms with Gasteiger partial charge in [-0.15, -0.1) is 6.58 Å². The summed E-state index contributed by atoms with van der Waals surface area (Å²) in [5.74, 6) is 3.81. The minimum atomic E-state index is 0.471. The molecule has 5 aliphatic rings. The van der Waals surface area contributed by atoms with Crippen LogP contribution in [-0.2, 0) is 0 Å². The molecule has 5 fully saturated rings. The van der Waals surface area contributed by atoms with Crippen LogP contribution in [0.1, 0.15) is 133 Å². The largest absolute Gasteiger partial charge is 0.103 e. The molecule has 9 atom stereocenters. The first-order valence-electron chi connectivity index (χ1n) is 14.3. The molecule has 32 heavy (non-hydrogen) atoms. The van der Waals surface area contributed by atoms with Gasteiger partial charge in [-0.05, 0) is 127 Å². The molecule has 0 saturated heterocycles.